The summed E-state index contributed by atoms with van der Waals surface area (Å²) in [4.78, 5) is 11.8. The molecule has 23 heavy (non-hydrogen) atoms. The van der Waals surface area contributed by atoms with Crippen molar-refractivity contribution in [2.24, 2.45) is 5.73 Å². The molecule has 2 aromatic rings. The molecule has 1 heterocycles. The van der Waals surface area contributed by atoms with Gasteiger partial charge in [-0.3, -0.25) is 4.79 Å². The molecule has 0 unspecified atom stereocenters. The molecule has 0 radical (unpaired) electrons. The molecular formula is C15H18BrFN4O2. The van der Waals surface area contributed by atoms with Crippen LogP contribution in [0.1, 0.15) is 42.9 Å². The Balaban J connectivity index is 2.81. The van der Waals surface area contributed by atoms with Gasteiger partial charge in [0.05, 0.1) is 18.0 Å². The highest BCUT2D eigenvalue weighted by Gasteiger charge is 2.26. The molecule has 0 saturated carbocycles. The van der Waals surface area contributed by atoms with Gasteiger partial charge in [0.15, 0.2) is 11.5 Å². The summed E-state index contributed by atoms with van der Waals surface area (Å²) in [6.07, 6.45) is 0. The van der Waals surface area contributed by atoms with Gasteiger partial charge in [-0.05, 0) is 25.0 Å². The molecule has 0 saturated heterocycles. The highest BCUT2D eigenvalue weighted by Crippen LogP contribution is 2.34. The van der Waals surface area contributed by atoms with Gasteiger partial charge < -0.3 is 16.2 Å². The first kappa shape index (κ1) is 17.3. The molecule has 0 atom stereocenters. The zero-order valence-electron chi connectivity index (χ0n) is 13.1. The van der Waals surface area contributed by atoms with E-state index in [4.69, 9.17) is 16.2 Å². The molecule has 6 nitrogen and oxygen atoms in total. The van der Waals surface area contributed by atoms with Crippen LogP contribution in [0.4, 0.5) is 10.1 Å². The van der Waals surface area contributed by atoms with E-state index in [1.807, 2.05) is 13.8 Å². The van der Waals surface area contributed by atoms with Gasteiger partial charge in [-0.2, -0.15) is 5.10 Å². The summed E-state index contributed by atoms with van der Waals surface area (Å²) in [7, 11) is 0. The van der Waals surface area contributed by atoms with Gasteiger partial charge in [-0.25, -0.2) is 9.07 Å². The lowest BCUT2D eigenvalue weighted by molar-refractivity contribution is 0.0993. The van der Waals surface area contributed by atoms with Gasteiger partial charge in [0.2, 0.25) is 0 Å². The standard InChI is InChI=1S/C15H18BrFN4O2/c1-4-23-10-6-8(16)5-9(17)13(10)21-14(15(19)22)11(18)12(20-21)7(2)3/h5-7H,4,18H2,1-3H3,(H2,19,22). The molecule has 4 N–H and O–H groups in total. The second kappa shape index (κ2) is 6.57. The summed E-state index contributed by atoms with van der Waals surface area (Å²) in [5, 5.41) is 4.29. The first-order valence-electron chi connectivity index (χ1n) is 7.08. The maximum atomic E-state index is 14.5. The number of anilines is 1. The Morgan fingerprint density at radius 1 is 1.48 bits per heavy atom. The van der Waals surface area contributed by atoms with E-state index in [2.05, 4.69) is 21.0 Å². The van der Waals surface area contributed by atoms with Gasteiger partial charge in [0.1, 0.15) is 11.4 Å². The maximum absolute atomic E-state index is 14.5. The van der Waals surface area contributed by atoms with Crippen LogP contribution in [0.25, 0.3) is 5.69 Å². The van der Waals surface area contributed by atoms with E-state index in [1.165, 1.54) is 6.07 Å². The van der Waals surface area contributed by atoms with E-state index >= 15 is 0 Å². The summed E-state index contributed by atoms with van der Waals surface area (Å²) in [5.74, 6) is -1.21. The number of rotatable bonds is 5. The van der Waals surface area contributed by atoms with Crippen LogP contribution in [-0.4, -0.2) is 22.3 Å². The van der Waals surface area contributed by atoms with Gasteiger partial charge in [-0.15, -0.1) is 0 Å². The average molecular weight is 385 g/mol. The lowest BCUT2D eigenvalue weighted by Gasteiger charge is -2.13. The quantitative estimate of drug-likeness (QED) is 0.827. The average Bonchev–Trinajstić information content (AvgIpc) is 2.76. The topological polar surface area (TPSA) is 96.2 Å². The molecule has 0 aliphatic heterocycles. The van der Waals surface area contributed by atoms with Crippen LogP contribution >= 0.6 is 15.9 Å². The SMILES string of the molecule is CCOc1cc(Br)cc(F)c1-n1nc(C(C)C)c(N)c1C(N)=O. The molecule has 1 aromatic carbocycles. The number of carbonyl (C=O) groups is 1. The minimum Gasteiger partial charge on any atom is -0.491 e. The molecule has 0 spiro atoms. The second-order valence-electron chi connectivity index (χ2n) is 5.25. The molecule has 8 heteroatoms. The van der Waals surface area contributed by atoms with E-state index in [1.54, 1.807) is 13.0 Å². The Labute approximate surface area is 141 Å². The van der Waals surface area contributed by atoms with Crippen LogP contribution in [0.3, 0.4) is 0 Å². The normalized spacial score (nSPS) is 11.0. The van der Waals surface area contributed by atoms with Gasteiger partial charge >= 0.3 is 0 Å². The van der Waals surface area contributed by atoms with Crippen LogP contribution in [0, 0.1) is 5.82 Å². The van der Waals surface area contributed by atoms with Crippen molar-refractivity contribution in [2.45, 2.75) is 26.7 Å². The number of halogens is 2. The zero-order valence-corrected chi connectivity index (χ0v) is 14.6. The number of aromatic nitrogens is 2. The molecule has 0 bridgehead atoms. The monoisotopic (exact) mass is 384 g/mol. The summed E-state index contributed by atoms with van der Waals surface area (Å²) in [6.45, 7) is 5.83. The third-order valence-corrected chi connectivity index (χ3v) is 3.69. The first-order valence-corrected chi connectivity index (χ1v) is 7.87. The van der Waals surface area contributed by atoms with Crippen LogP contribution < -0.4 is 16.2 Å². The van der Waals surface area contributed by atoms with Crippen LogP contribution in [0.15, 0.2) is 16.6 Å². The predicted octanol–water partition coefficient (Wildman–Crippen LogP) is 2.98. The van der Waals surface area contributed by atoms with Gasteiger partial charge in [-0.1, -0.05) is 29.8 Å². The Kier molecular flexibility index (Phi) is 4.93. The maximum Gasteiger partial charge on any atom is 0.269 e. The van der Waals surface area contributed by atoms with Crippen molar-refractivity contribution in [3.8, 4) is 11.4 Å². The van der Waals surface area contributed by atoms with Crippen molar-refractivity contribution in [3.63, 3.8) is 0 Å². The number of nitrogen functional groups attached to an aromatic ring is 1. The Morgan fingerprint density at radius 2 is 2.13 bits per heavy atom. The number of nitrogens with two attached hydrogens (primary N) is 2. The third kappa shape index (κ3) is 3.17. The Morgan fingerprint density at radius 3 is 2.65 bits per heavy atom. The number of nitrogens with zero attached hydrogens (tertiary/aromatic N) is 2. The van der Waals surface area contributed by atoms with E-state index in [0.717, 1.165) is 4.68 Å². The van der Waals surface area contributed by atoms with Crippen molar-refractivity contribution in [3.05, 3.63) is 33.8 Å². The highest BCUT2D eigenvalue weighted by molar-refractivity contribution is 9.10. The molecule has 124 valence electrons. The Bertz CT molecular complexity index is 758. The zero-order chi connectivity index (χ0) is 17.3. The summed E-state index contributed by atoms with van der Waals surface area (Å²) >= 11 is 3.21. The second-order valence-corrected chi connectivity index (χ2v) is 6.16. The lowest BCUT2D eigenvalue weighted by Crippen LogP contribution is -2.19. The number of primary amides is 1. The van der Waals surface area contributed by atoms with E-state index in [-0.39, 0.29) is 28.7 Å². The van der Waals surface area contributed by atoms with Gasteiger partial charge in [0.25, 0.3) is 5.91 Å². The fourth-order valence-electron chi connectivity index (χ4n) is 2.29. The minimum atomic E-state index is -0.785. The third-order valence-electron chi connectivity index (χ3n) is 3.24. The molecule has 1 amide bonds. The number of carbonyl (C=O) groups excluding carboxylic acids is 1. The molecular weight excluding hydrogens is 367 g/mol. The molecule has 0 aliphatic rings. The molecule has 0 fully saturated rings. The minimum absolute atomic E-state index is 0.00227. The Hall–Kier alpha value is -2.09. The van der Waals surface area contributed by atoms with Crippen molar-refractivity contribution in [2.75, 3.05) is 12.3 Å². The molecule has 0 aliphatic carbocycles. The van der Waals surface area contributed by atoms with Crippen LogP contribution in [0.2, 0.25) is 0 Å². The summed E-state index contributed by atoms with van der Waals surface area (Å²) < 4.78 is 21.6. The number of hydrogen-bond donors (Lipinski definition) is 2. The molecule has 2 rings (SSSR count). The predicted molar refractivity (Wildman–Crippen MR) is 89.4 cm³/mol. The lowest BCUT2D eigenvalue weighted by atomic mass is 10.1. The number of benzene rings is 1. The van der Waals surface area contributed by atoms with Crippen LogP contribution in [0.5, 0.6) is 5.75 Å². The number of amides is 1. The van der Waals surface area contributed by atoms with Crippen LogP contribution in [-0.2, 0) is 0 Å². The fraction of sp³-hybridized carbons (Fsp3) is 0.333. The van der Waals surface area contributed by atoms with Crippen molar-refractivity contribution >= 4 is 27.5 Å². The van der Waals surface area contributed by atoms with Crippen molar-refractivity contribution in [1.82, 2.24) is 9.78 Å². The van der Waals surface area contributed by atoms with Crippen molar-refractivity contribution in [1.29, 1.82) is 0 Å². The van der Waals surface area contributed by atoms with Crippen molar-refractivity contribution < 1.29 is 13.9 Å². The number of ether oxygens (including phenoxy) is 1. The smallest absolute Gasteiger partial charge is 0.269 e. The van der Waals surface area contributed by atoms with E-state index in [9.17, 15) is 9.18 Å². The summed E-state index contributed by atoms with van der Waals surface area (Å²) in [6, 6.07) is 2.86. The molecule has 1 aromatic heterocycles. The van der Waals surface area contributed by atoms with E-state index < -0.39 is 11.7 Å². The van der Waals surface area contributed by atoms with Gasteiger partial charge in [0, 0.05) is 4.47 Å². The summed E-state index contributed by atoms with van der Waals surface area (Å²) in [5.41, 5.74) is 12.0. The number of hydrogen-bond acceptors (Lipinski definition) is 4. The largest absolute Gasteiger partial charge is 0.491 e. The fourth-order valence-corrected chi connectivity index (χ4v) is 2.69. The first-order chi connectivity index (χ1) is 10.8. The highest BCUT2D eigenvalue weighted by atomic mass is 79.9. The van der Waals surface area contributed by atoms with E-state index in [0.29, 0.717) is 16.8 Å².